The Balaban J connectivity index is 1.78. The van der Waals surface area contributed by atoms with Crippen molar-refractivity contribution >= 4 is 46.7 Å². The van der Waals surface area contributed by atoms with E-state index in [0.717, 1.165) is 16.4 Å². The normalized spacial score (nSPS) is 10.3. The Morgan fingerprint density at radius 1 is 1.27 bits per heavy atom. The van der Waals surface area contributed by atoms with Gasteiger partial charge in [-0.05, 0) is 42.2 Å². The van der Waals surface area contributed by atoms with Gasteiger partial charge < -0.3 is 0 Å². The lowest BCUT2D eigenvalue weighted by Crippen LogP contribution is -2.42. The fraction of sp³-hybridized carbons (Fsp3) is 0.231. The molecule has 2 amide bonds. The lowest BCUT2D eigenvalue weighted by Gasteiger charge is -2.06. The van der Waals surface area contributed by atoms with Crippen LogP contribution in [0.15, 0.2) is 29.2 Å². The van der Waals surface area contributed by atoms with E-state index in [9.17, 15) is 9.59 Å². The van der Waals surface area contributed by atoms with E-state index in [1.165, 1.54) is 11.8 Å². The number of hydrazine groups is 1. The molecule has 0 aliphatic rings. The molecule has 0 radical (unpaired) electrons. The third-order valence-corrected chi connectivity index (χ3v) is 4.63. The fourth-order valence-corrected chi connectivity index (χ4v) is 2.98. The molecule has 2 N–H and O–H groups in total. The molecule has 1 aromatic heterocycles. The highest BCUT2D eigenvalue weighted by Gasteiger charge is 2.15. The van der Waals surface area contributed by atoms with E-state index in [2.05, 4.69) is 20.4 Å². The number of benzene rings is 1. The second-order valence-corrected chi connectivity index (χ2v) is 6.39. The second-order valence-electron chi connectivity index (χ2n) is 4.15. The number of nitrogens with one attached hydrogen (secondary N) is 2. The highest BCUT2D eigenvalue weighted by atomic mass is 35.5. The molecule has 22 heavy (non-hydrogen) atoms. The molecule has 0 aliphatic carbocycles. The van der Waals surface area contributed by atoms with E-state index >= 15 is 0 Å². The molecule has 0 aliphatic heterocycles. The number of carbonyl (C=O) groups excluding carboxylic acids is 2. The SMILES string of the molecule is CCc1nnsc1C(=O)NNC(=O)CSc1ccc(Cl)cc1. The van der Waals surface area contributed by atoms with Crippen LogP contribution in [-0.4, -0.2) is 27.2 Å². The Morgan fingerprint density at radius 3 is 2.68 bits per heavy atom. The van der Waals surface area contributed by atoms with Gasteiger partial charge in [-0.3, -0.25) is 20.4 Å². The van der Waals surface area contributed by atoms with Crippen LogP contribution in [-0.2, 0) is 11.2 Å². The minimum Gasteiger partial charge on any atom is -0.272 e. The molecule has 0 fully saturated rings. The molecule has 0 saturated heterocycles. The lowest BCUT2D eigenvalue weighted by molar-refractivity contribution is -0.119. The van der Waals surface area contributed by atoms with Gasteiger partial charge in [-0.1, -0.05) is 23.0 Å². The number of hydrogen-bond donors (Lipinski definition) is 2. The van der Waals surface area contributed by atoms with Crippen LogP contribution in [0.4, 0.5) is 0 Å². The van der Waals surface area contributed by atoms with Crippen LogP contribution >= 0.6 is 34.9 Å². The predicted octanol–water partition coefficient (Wildman–Crippen LogP) is 2.31. The van der Waals surface area contributed by atoms with Crippen LogP contribution in [0.1, 0.15) is 22.3 Å². The van der Waals surface area contributed by atoms with E-state index in [1.54, 1.807) is 12.1 Å². The first-order valence-electron chi connectivity index (χ1n) is 6.39. The highest BCUT2D eigenvalue weighted by molar-refractivity contribution is 8.00. The minimum atomic E-state index is -0.406. The first-order chi connectivity index (χ1) is 10.6. The predicted molar refractivity (Wildman–Crippen MR) is 87.1 cm³/mol. The molecule has 0 atom stereocenters. The van der Waals surface area contributed by atoms with E-state index in [4.69, 9.17) is 11.6 Å². The summed E-state index contributed by atoms with van der Waals surface area (Å²) in [5, 5.41) is 4.49. The third-order valence-electron chi connectivity index (χ3n) is 2.60. The van der Waals surface area contributed by atoms with Crippen LogP contribution in [0.25, 0.3) is 0 Å². The number of carbonyl (C=O) groups is 2. The zero-order valence-corrected chi connectivity index (χ0v) is 14.0. The second kappa shape index (κ2) is 8.11. The van der Waals surface area contributed by atoms with Crippen molar-refractivity contribution in [1.29, 1.82) is 0 Å². The van der Waals surface area contributed by atoms with Gasteiger partial charge in [0.05, 0.1) is 11.4 Å². The summed E-state index contributed by atoms with van der Waals surface area (Å²) < 4.78 is 3.73. The van der Waals surface area contributed by atoms with Gasteiger partial charge in [-0.25, -0.2) is 0 Å². The van der Waals surface area contributed by atoms with Gasteiger partial charge in [0.15, 0.2) is 0 Å². The lowest BCUT2D eigenvalue weighted by atomic mass is 10.3. The van der Waals surface area contributed by atoms with Crippen molar-refractivity contribution < 1.29 is 9.59 Å². The molecule has 1 heterocycles. The Labute approximate surface area is 140 Å². The maximum absolute atomic E-state index is 11.9. The zero-order valence-electron chi connectivity index (χ0n) is 11.6. The number of halogens is 1. The highest BCUT2D eigenvalue weighted by Crippen LogP contribution is 2.19. The van der Waals surface area contributed by atoms with Crippen LogP contribution in [0.5, 0.6) is 0 Å². The monoisotopic (exact) mass is 356 g/mol. The quantitative estimate of drug-likeness (QED) is 0.634. The number of hydrogen-bond acceptors (Lipinski definition) is 6. The molecule has 6 nitrogen and oxygen atoms in total. The van der Waals surface area contributed by atoms with Crippen LogP contribution < -0.4 is 10.9 Å². The fourth-order valence-electron chi connectivity index (χ4n) is 1.51. The molecule has 0 saturated carbocycles. The summed E-state index contributed by atoms with van der Waals surface area (Å²) in [5.74, 6) is -0.524. The molecular formula is C13H13ClN4O2S2. The van der Waals surface area contributed by atoms with Crippen molar-refractivity contribution in [3.63, 3.8) is 0 Å². The van der Waals surface area contributed by atoms with E-state index in [-0.39, 0.29) is 11.7 Å². The van der Waals surface area contributed by atoms with Crippen molar-refractivity contribution in [3.8, 4) is 0 Å². The summed E-state index contributed by atoms with van der Waals surface area (Å²) in [7, 11) is 0. The van der Waals surface area contributed by atoms with Crippen molar-refractivity contribution in [2.75, 3.05) is 5.75 Å². The van der Waals surface area contributed by atoms with Gasteiger partial charge >= 0.3 is 0 Å². The Kier molecular flexibility index (Phi) is 6.17. The van der Waals surface area contributed by atoms with Crippen LogP contribution in [0, 0.1) is 0 Å². The average molecular weight is 357 g/mol. The summed E-state index contributed by atoms with van der Waals surface area (Å²) in [5.41, 5.74) is 5.35. The number of nitrogens with zero attached hydrogens (tertiary/aromatic N) is 2. The van der Waals surface area contributed by atoms with Crippen molar-refractivity contribution in [2.45, 2.75) is 18.2 Å². The standard InChI is InChI=1S/C13H13ClN4O2S2/c1-2-10-12(22-18-15-10)13(20)17-16-11(19)7-21-9-5-3-8(14)4-6-9/h3-6H,2,7H2,1H3,(H,16,19)(H,17,20). The number of thioether (sulfide) groups is 1. The largest absolute Gasteiger partial charge is 0.283 e. The molecule has 1 aromatic carbocycles. The van der Waals surface area contributed by atoms with Gasteiger partial charge in [0.2, 0.25) is 5.91 Å². The minimum absolute atomic E-state index is 0.184. The average Bonchev–Trinajstić information content (AvgIpc) is 3.00. The molecule has 2 aromatic rings. The number of aryl methyl sites for hydroxylation is 1. The summed E-state index contributed by atoms with van der Waals surface area (Å²) in [6.45, 7) is 1.88. The van der Waals surface area contributed by atoms with Crippen molar-refractivity contribution in [1.82, 2.24) is 20.4 Å². The maximum atomic E-state index is 11.9. The van der Waals surface area contributed by atoms with Crippen molar-refractivity contribution in [2.24, 2.45) is 0 Å². The molecule has 0 bridgehead atoms. The molecule has 2 rings (SSSR count). The Hall–Kier alpha value is -1.64. The molecule has 0 unspecified atom stereocenters. The first-order valence-corrected chi connectivity index (χ1v) is 8.52. The Morgan fingerprint density at radius 2 is 2.00 bits per heavy atom. The summed E-state index contributed by atoms with van der Waals surface area (Å²) in [4.78, 5) is 24.9. The summed E-state index contributed by atoms with van der Waals surface area (Å²) in [6, 6.07) is 7.17. The van der Waals surface area contributed by atoms with Gasteiger partial charge in [0, 0.05) is 9.92 Å². The number of aromatic nitrogens is 2. The number of amides is 2. The topological polar surface area (TPSA) is 84.0 Å². The maximum Gasteiger partial charge on any atom is 0.283 e. The molecule has 9 heteroatoms. The number of rotatable bonds is 5. The Bertz CT molecular complexity index is 660. The van der Waals surface area contributed by atoms with E-state index < -0.39 is 5.91 Å². The summed E-state index contributed by atoms with van der Waals surface area (Å²) in [6.07, 6.45) is 0.611. The molecular weight excluding hydrogens is 344 g/mol. The van der Waals surface area contributed by atoms with Crippen LogP contribution in [0.2, 0.25) is 5.02 Å². The first kappa shape index (κ1) is 16.7. The van der Waals surface area contributed by atoms with Crippen LogP contribution in [0.3, 0.4) is 0 Å². The van der Waals surface area contributed by atoms with E-state index in [1.807, 2.05) is 19.1 Å². The van der Waals surface area contributed by atoms with E-state index in [0.29, 0.717) is 22.0 Å². The van der Waals surface area contributed by atoms with Gasteiger partial charge in [0.25, 0.3) is 5.91 Å². The zero-order chi connectivity index (χ0) is 15.9. The van der Waals surface area contributed by atoms with Gasteiger partial charge in [-0.2, -0.15) is 0 Å². The van der Waals surface area contributed by atoms with Gasteiger partial charge in [-0.15, -0.1) is 16.9 Å². The van der Waals surface area contributed by atoms with Gasteiger partial charge in [0.1, 0.15) is 4.88 Å². The van der Waals surface area contributed by atoms with Crippen molar-refractivity contribution in [3.05, 3.63) is 39.9 Å². The summed E-state index contributed by atoms with van der Waals surface area (Å²) >= 11 is 8.14. The smallest absolute Gasteiger partial charge is 0.272 e. The molecule has 116 valence electrons. The third kappa shape index (κ3) is 4.69. The molecule has 0 spiro atoms.